The Hall–Kier alpha value is -2.27. The summed E-state index contributed by atoms with van der Waals surface area (Å²) in [6.07, 6.45) is 0. The van der Waals surface area contributed by atoms with Gasteiger partial charge in [0.25, 0.3) is 0 Å². The molecule has 1 atom stereocenters. The molecule has 0 aromatic heterocycles. The summed E-state index contributed by atoms with van der Waals surface area (Å²) in [7, 11) is 0. The first kappa shape index (κ1) is 15.1. The van der Waals surface area contributed by atoms with Crippen molar-refractivity contribution in [1.29, 1.82) is 0 Å². The zero-order valence-electron chi connectivity index (χ0n) is 11.6. The first-order valence-electron chi connectivity index (χ1n) is 6.59. The van der Waals surface area contributed by atoms with Crippen LogP contribution in [0, 0.1) is 11.6 Å². The van der Waals surface area contributed by atoms with Crippen LogP contribution >= 0.6 is 0 Å². The molecule has 2 rings (SSSR count). The fourth-order valence-corrected chi connectivity index (χ4v) is 1.89. The molecule has 2 aromatic carbocycles. The smallest absolute Gasteiger partial charge is 0.238 e. The van der Waals surface area contributed by atoms with Crippen molar-refractivity contribution in [2.24, 2.45) is 0 Å². The van der Waals surface area contributed by atoms with Crippen LogP contribution in [0.5, 0.6) is 0 Å². The van der Waals surface area contributed by atoms with Crippen LogP contribution in [-0.4, -0.2) is 12.5 Å². The lowest BCUT2D eigenvalue weighted by molar-refractivity contribution is -0.115. The number of carbonyl (C=O) groups excluding carboxylic acids is 1. The average Bonchev–Trinajstić information content (AvgIpc) is 2.48. The Kier molecular flexibility index (Phi) is 5.00. The molecule has 0 heterocycles. The van der Waals surface area contributed by atoms with E-state index in [0.717, 1.165) is 17.7 Å². The second-order valence-corrected chi connectivity index (χ2v) is 4.69. The molecule has 0 spiro atoms. The van der Waals surface area contributed by atoms with Gasteiger partial charge in [-0.1, -0.05) is 30.3 Å². The van der Waals surface area contributed by atoms with Crippen LogP contribution in [0.15, 0.2) is 48.5 Å². The van der Waals surface area contributed by atoms with Gasteiger partial charge in [-0.05, 0) is 24.6 Å². The van der Waals surface area contributed by atoms with Crippen molar-refractivity contribution < 1.29 is 13.6 Å². The van der Waals surface area contributed by atoms with E-state index in [1.54, 1.807) is 0 Å². The molecule has 0 aliphatic carbocycles. The fourth-order valence-electron chi connectivity index (χ4n) is 1.89. The molecular weight excluding hydrogens is 274 g/mol. The molecule has 0 fully saturated rings. The molecule has 0 saturated carbocycles. The summed E-state index contributed by atoms with van der Waals surface area (Å²) in [6.45, 7) is 1.97. The van der Waals surface area contributed by atoms with Gasteiger partial charge in [-0.2, -0.15) is 0 Å². The van der Waals surface area contributed by atoms with Gasteiger partial charge in [0.15, 0.2) is 0 Å². The highest BCUT2D eigenvalue weighted by Crippen LogP contribution is 2.15. The third kappa shape index (κ3) is 4.36. The maximum Gasteiger partial charge on any atom is 0.238 e. The third-order valence-electron chi connectivity index (χ3n) is 3.07. The maximum absolute atomic E-state index is 13.4. The van der Waals surface area contributed by atoms with Crippen LogP contribution in [0.1, 0.15) is 18.5 Å². The molecule has 5 heteroatoms. The summed E-state index contributed by atoms with van der Waals surface area (Å²) in [4.78, 5) is 11.8. The summed E-state index contributed by atoms with van der Waals surface area (Å²) < 4.78 is 26.2. The molecule has 2 N–H and O–H groups in total. The number of carbonyl (C=O) groups is 1. The number of rotatable bonds is 5. The van der Waals surface area contributed by atoms with Crippen LogP contribution in [0.4, 0.5) is 14.5 Å². The lowest BCUT2D eigenvalue weighted by atomic mass is 10.1. The lowest BCUT2D eigenvalue weighted by Crippen LogP contribution is -2.30. The third-order valence-corrected chi connectivity index (χ3v) is 3.07. The van der Waals surface area contributed by atoms with Crippen molar-refractivity contribution in [3.05, 3.63) is 65.7 Å². The molecule has 1 amide bonds. The zero-order chi connectivity index (χ0) is 15.2. The quantitative estimate of drug-likeness (QED) is 0.887. The van der Waals surface area contributed by atoms with Crippen molar-refractivity contribution in [3.63, 3.8) is 0 Å². The summed E-state index contributed by atoms with van der Waals surface area (Å²) in [5, 5.41) is 5.44. The van der Waals surface area contributed by atoms with E-state index in [2.05, 4.69) is 10.6 Å². The van der Waals surface area contributed by atoms with E-state index in [1.165, 1.54) is 6.07 Å². The normalized spacial score (nSPS) is 12.0. The van der Waals surface area contributed by atoms with E-state index >= 15 is 0 Å². The van der Waals surface area contributed by atoms with Gasteiger partial charge in [-0.3, -0.25) is 4.79 Å². The van der Waals surface area contributed by atoms with Gasteiger partial charge in [0.05, 0.1) is 12.2 Å². The van der Waals surface area contributed by atoms with E-state index in [9.17, 15) is 13.6 Å². The van der Waals surface area contributed by atoms with Gasteiger partial charge in [-0.15, -0.1) is 0 Å². The average molecular weight is 290 g/mol. The largest absolute Gasteiger partial charge is 0.322 e. The molecule has 21 heavy (non-hydrogen) atoms. The van der Waals surface area contributed by atoms with Crippen molar-refractivity contribution in [3.8, 4) is 0 Å². The van der Waals surface area contributed by atoms with Gasteiger partial charge >= 0.3 is 0 Å². The first-order valence-corrected chi connectivity index (χ1v) is 6.59. The number of hydrogen-bond donors (Lipinski definition) is 2. The Labute approximate surface area is 122 Å². The van der Waals surface area contributed by atoms with Gasteiger partial charge in [0.1, 0.15) is 11.6 Å². The predicted molar refractivity (Wildman–Crippen MR) is 77.8 cm³/mol. The predicted octanol–water partition coefficient (Wildman–Crippen LogP) is 3.25. The van der Waals surface area contributed by atoms with Gasteiger partial charge < -0.3 is 10.6 Å². The Morgan fingerprint density at radius 1 is 1.14 bits per heavy atom. The monoisotopic (exact) mass is 290 g/mol. The molecule has 0 saturated heterocycles. The lowest BCUT2D eigenvalue weighted by Gasteiger charge is -2.14. The van der Waals surface area contributed by atoms with Crippen molar-refractivity contribution in [2.45, 2.75) is 13.0 Å². The molecule has 0 aliphatic rings. The number of benzene rings is 2. The molecular formula is C16H16F2N2O. The van der Waals surface area contributed by atoms with Crippen LogP contribution in [0.3, 0.4) is 0 Å². The Morgan fingerprint density at radius 3 is 2.52 bits per heavy atom. The Balaban J connectivity index is 1.87. The minimum Gasteiger partial charge on any atom is -0.322 e. The van der Waals surface area contributed by atoms with E-state index < -0.39 is 11.6 Å². The van der Waals surface area contributed by atoms with E-state index in [4.69, 9.17) is 0 Å². The minimum absolute atomic E-state index is 0.00462. The number of hydrogen-bond acceptors (Lipinski definition) is 2. The molecule has 2 aromatic rings. The second-order valence-electron chi connectivity index (χ2n) is 4.69. The Morgan fingerprint density at radius 2 is 1.86 bits per heavy atom. The molecule has 3 nitrogen and oxygen atoms in total. The van der Waals surface area contributed by atoms with E-state index in [-0.39, 0.29) is 24.2 Å². The number of nitrogens with one attached hydrogen (secondary N) is 2. The van der Waals surface area contributed by atoms with Crippen molar-refractivity contribution >= 4 is 11.6 Å². The van der Waals surface area contributed by atoms with Crippen molar-refractivity contribution in [1.82, 2.24) is 5.32 Å². The highest BCUT2D eigenvalue weighted by atomic mass is 19.1. The van der Waals surface area contributed by atoms with Crippen LogP contribution in [0.2, 0.25) is 0 Å². The highest BCUT2D eigenvalue weighted by Gasteiger charge is 2.10. The van der Waals surface area contributed by atoms with E-state index in [1.807, 2.05) is 37.3 Å². The first-order chi connectivity index (χ1) is 10.1. The topological polar surface area (TPSA) is 41.1 Å². The van der Waals surface area contributed by atoms with Crippen LogP contribution in [-0.2, 0) is 4.79 Å². The van der Waals surface area contributed by atoms with Gasteiger partial charge in [0, 0.05) is 12.1 Å². The molecule has 0 aliphatic heterocycles. The summed E-state index contributed by atoms with van der Waals surface area (Å²) in [5.41, 5.74) is 1.02. The summed E-state index contributed by atoms with van der Waals surface area (Å²) >= 11 is 0. The zero-order valence-corrected chi connectivity index (χ0v) is 11.6. The number of amides is 1. The molecule has 110 valence electrons. The molecule has 0 bridgehead atoms. The van der Waals surface area contributed by atoms with Gasteiger partial charge in [-0.25, -0.2) is 8.78 Å². The van der Waals surface area contributed by atoms with Crippen molar-refractivity contribution in [2.75, 3.05) is 11.9 Å². The standard InChI is InChI=1S/C16H16F2N2O/c1-11(12-5-3-2-4-6-12)19-10-16(21)20-15-8-7-13(17)9-14(15)18/h2-9,11,19H,10H2,1H3,(H,20,21). The van der Waals surface area contributed by atoms with Crippen LogP contribution in [0.25, 0.3) is 0 Å². The van der Waals surface area contributed by atoms with Crippen LogP contribution < -0.4 is 10.6 Å². The molecule has 1 unspecified atom stereocenters. The maximum atomic E-state index is 13.4. The number of anilines is 1. The summed E-state index contributed by atoms with van der Waals surface area (Å²) in [6, 6.07) is 12.7. The second kappa shape index (κ2) is 6.95. The fraction of sp³-hybridized carbons (Fsp3) is 0.188. The van der Waals surface area contributed by atoms with E-state index in [0.29, 0.717) is 0 Å². The van der Waals surface area contributed by atoms with Gasteiger partial charge in [0.2, 0.25) is 5.91 Å². The SMILES string of the molecule is CC(NCC(=O)Nc1ccc(F)cc1F)c1ccccc1. The molecule has 0 radical (unpaired) electrons. The summed E-state index contributed by atoms with van der Waals surface area (Å²) in [5.74, 6) is -1.86. The minimum atomic E-state index is -0.792. The highest BCUT2D eigenvalue weighted by molar-refractivity contribution is 5.92. The Bertz CT molecular complexity index is 617. The number of halogens is 2.